The molecule has 3 fully saturated rings. The van der Waals surface area contributed by atoms with Crippen molar-refractivity contribution in [2.45, 2.75) is 0 Å². The van der Waals surface area contributed by atoms with Crippen LogP contribution in [0.25, 0.3) is 22.3 Å². The van der Waals surface area contributed by atoms with Crippen LogP contribution >= 0.6 is 0 Å². The molecule has 34 heavy (non-hydrogen) atoms. The number of benzene rings is 2. The third-order valence-corrected chi connectivity index (χ3v) is 7.25. The molecule has 0 atom stereocenters. The normalized spacial score (nSPS) is 18.9. The summed E-state index contributed by atoms with van der Waals surface area (Å²) in [4.78, 5) is 22.0. The number of anilines is 2. The summed E-state index contributed by atoms with van der Waals surface area (Å²) < 4.78 is 15.0. The van der Waals surface area contributed by atoms with E-state index in [1.807, 2.05) is 24.4 Å². The lowest BCUT2D eigenvalue weighted by molar-refractivity contribution is 0.121. The summed E-state index contributed by atoms with van der Waals surface area (Å²) in [5.41, 5.74) is 4.23. The molecule has 1 spiro atoms. The van der Waals surface area contributed by atoms with Crippen molar-refractivity contribution in [3.63, 3.8) is 0 Å². The second-order valence-corrected chi connectivity index (χ2v) is 9.62. The van der Waals surface area contributed by atoms with Gasteiger partial charge in [0.25, 0.3) is 0 Å². The summed E-state index contributed by atoms with van der Waals surface area (Å²) in [6.07, 6.45) is 3.59. The summed E-state index contributed by atoms with van der Waals surface area (Å²) in [5.74, 6) is -0.416. The molecule has 1 aromatic heterocycles. The van der Waals surface area contributed by atoms with Gasteiger partial charge in [0, 0.05) is 74.6 Å². The Hall–Kier alpha value is -3.65. The lowest BCUT2D eigenvalue weighted by Gasteiger charge is -2.57. The first-order chi connectivity index (χ1) is 16.4. The number of urea groups is 1. The minimum Gasteiger partial charge on any atom is -0.507 e. The van der Waals surface area contributed by atoms with E-state index >= 15 is 4.39 Å². The molecule has 3 aliphatic rings. The first-order valence-electron chi connectivity index (χ1n) is 11.5. The van der Waals surface area contributed by atoms with Crippen molar-refractivity contribution in [2.24, 2.45) is 5.41 Å². The molecule has 0 unspecified atom stereocenters. The van der Waals surface area contributed by atoms with Crippen molar-refractivity contribution in [1.29, 1.82) is 0 Å². The topological polar surface area (TPSA) is 71.9 Å². The van der Waals surface area contributed by atoms with Crippen molar-refractivity contribution in [3.8, 4) is 28.0 Å². The quantitative estimate of drug-likeness (QED) is 0.625. The van der Waals surface area contributed by atoms with E-state index in [1.165, 1.54) is 11.0 Å². The zero-order chi connectivity index (χ0) is 23.4. The molecule has 0 radical (unpaired) electrons. The van der Waals surface area contributed by atoms with Gasteiger partial charge in [0.2, 0.25) is 0 Å². The number of nitrogens with zero attached hydrogens (tertiary/aromatic N) is 4. The Balaban J connectivity index is 1.29. The van der Waals surface area contributed by atoms with E-state index in [0.29, 0.717) is 35.2 Å². The highest BCUT2D eigenvalue weighted by atomic mass is 19.1. The molecule has 8 heteroatoms. The SMILES string of the molecule is CN1CCN(c2ccc(-c3cccc(-c4cncc(N5CC6(CNC6)C5)c4)c3O)cc2F)C1=O. The molecule has 2 aromatic carbocycles. The number of amides is 2. The number of nitrogens with one attached hydrogen (secondary N) is 1. The smallest absolute Gasteiger partial charge is 0.324 e. The molecule has 3 aromatic rings. The predicted molar refractivity (Wildman–Crippen MR) is 130 cm³/mol. The maximum Gasteiger partial charge on any atom is 0.324 e. The number of rotatable bonds is 4. The third kappa shape index (κ3) is 3.28. The van der Waals surface area contributed by atoms with Crippen LogP contribution in [0.1, 0.15) is 0 Å². The van der Waals surface area contributed by atoms with Crippen LogP contribution < -0.4 is 15.1 Å². The van der Waals surface area contributed by atoms with E-state index in [0.717, 1.165) is 37.4 Å². The fourth-order valence-corrected chi connectivity index (χ4v) is 5.17. The van der Waals surface area contributed by atoms with Crippen LogP contribution in [0.15, 0.2) is 54.9 Å². The largest absolute Gasteiger partial charge is 0.507 e. The molecule has 6 rings (SSSR count). The fraction of sp³-hybridized carbons (Fsp3) is 0.308. The van der Waals surface area contributed by atoms with Crippen LogP contribution in [-0.4, -0.2) is 67.3 Å². The minimum absolute atomic E-state index is 0.0776. The Morgan fingerprint density at radius 1 is 1.03 bits per heavy atom. The summed E-state index contributed by atoms with van der Waals surface area (Å²) in [5, 5.41) is 14.5. The van der Waals surface area contributed by atoms with Crippen molar-refractivity contribution in [1.82, 2.24) is 15.2 Å². The van der Waals surface area contributed by atoms with E-state index in [4.69, 9.17) is 0 Å². The highest BCUT2D eigenvalue weighted by Gasteiger charge is 2.47. The van der Waals surface area contributed by atoms with Crippen LogP contribution in [0, 0.1) is 11.2 Å². The van der Waals surface area contributed by atoms with Gasteiger partial charge >= 0.3 is 6.03 Å². The average Bonchev–Trinajstić information content (AvgIpc) is 3.10. The Morgan fingerprint density at radius 3 is 2.44 bits per heavy atom. The molecule has 174 valence electrons. The summed E-state index contributed by atoms with van der Waals surface area (Å²) >= 11 is 0. The lowest BCUT2D eigenvalue weighted by Crippen LogP contribution is -2.71. The molecule has 2 amide bonds. The van der Waals surface area contributed by atoms with Crippen LogP contribution in [0.5, 0.6) is 5.75 Å². The number of pyridine rings is 1. The molecular weight excluding hydrogens is 433 g/mol. The molecule has 7 nitrogen and oxygen atoms in total. The first-order valence-corrected chi connectivity index (χ1v) is 11.5. The Morgan fingerprint density at radius 2 is 1.79 bits per heavy atom. The highest BCUT2D eigenvalue weighted by molar-refractivity contribution is 5.94. The Labute approximate surface area is 197 Å². The monoisotopic (exact) mass is 459 g/mol. The van der Waals surface area contributed by atoms with E-state index in [2.05, 4.69) is 15.2 Å². The van der Waals surface area contributed by atoms with Gasteiger partial charge in [0.15, 0.2) is 0 Å². The van der Waals surface area contributed by atoms with Crippen LogP contribution in [0.2, 0.25) is 0 Å². The van der Waals surface area contributed by atoms with E-state index < -0.39 is 5.82 Å². The van der Waals surface area contributed by atoms with Gasteiger partial charge in [-0.05, 0) is 23.8 Å². The number of aromatic hydroxyl groups is 1. The maximum absolute atomic E-state index is 15.0. The van der Waals surface area contributed by atoms with Crippen molar-refractivity contribution in [3.05, 3.63) is 60.7 Å². The summed E-state index contributed by atoms with van der Waals surface area (Å²) in [6, 6.07) is 12.0. The number of carbonyl (C=O) groups excluding carboxylic acids is 1. The third-order valence-electron chi connectivity index (χ3n) is 7.25. The van der Waals surface area contributed by atoms with Crippen LogP contribution in [-0.2, 0) is 0 Å². The molecule has 4 heterocycles. The number of para-hydroxylation sites is 1. The number of phenolic OH excluding ortho intramolecular Hbond substituents is 1. The number of hydrogen-bond donors (Lipinski definition) is 2. The molecule has 3 saturated heterocycles. The summed E-state index contributed by atoms with van der Waals surface area (Å²) in [6.45, 7) is 5.17. The van der Waals surface area contributed by atoms with Crippen molar-refractivity contribution in [2.75, 3.05) is 56.1 Å². The Kier molecular flexibility index (Phi) is 4.74. The fourth-order valence-electron chi connectivity index (χ4n) is 5.17. The molecule has 3 aliphatic heterocycles. The second kappa shape index (κ2) is 7.70. The van der Waals surface area contributed by atoms with Gasteiger partial charge in [-0.25, -0.2) is 9.18 Å². The molecule has 0 aliphatic carbocycles. The van der Waals surface area contributed by atoms with Gasteiger partial charge < -0.3 is 20.2 Å². The first kappa shape index (κ1) is 20.9. The number of phenols is 1. The second-order valence-electron chi connectivity index (χ2n) is 9.62. The van der Waals surface area contributed by atoms with Gasteiger partial charge in [-0.2, -0.15) is 0 Å². The number of halogens is 1. The van der Waals surface area contributed by atoms with Gasteiger partial charge in [-0.1, -0.05) is 24.3 Å². The van der Waals surface area contributed by atoms with Crippen LogP contribution in [0.3, 0.4) is 0 Å². The molecule has 0 bridgehead atoms. The zero-order valence-electron chi connectivity index (χ0n) is 19.0. The van der Waals surface area contributed by atoms with Crippen molar-refractivity contribution < 1.29 is 14.3 Å². The van der Waals surface area contributed by atoms with Gasteiger partial charge in [0.05, 0.1) is 17.6 Å². The minimum atomic E-state index is -0.494. The number of hydrogen-bond acceptors (Lipinski definition) is 5. The molecule has 0 saturated carbocycles. The summed E-state index contributed by atoms with van der Waals surface area (Å²) in [7, 11) is 1.70. The standard InChI is InChI=1S/C26H26FN5O2/c1-30-7-8-32(25(30)34)23-6-5-17(10-22(23)27)20-3-2-4-21(24(20)33)18-9-19(12-28-11-18)31-15-26(16-31)13-29-14-26/h2-6,9-12,29,33H,7-8,13-16H2,1H3. The lowest BCUT2D eigenvalue weighted by atomic mass is 9.74. The predicted octanol–water partition coefficient (Wildman–Crippen LogP) is 3.54. The van der Waals surface area contributed by atoms with Gasteiger partial charge in [-0.15, -0.1) is 0 Å². The molecule has 2 N–H and O–H groups in total. The van der Waals surface area contributed by atoms with Gasteiger partial charge in [0.1, 0.15) is 11.6 Å². The van der Waals surface area contributed by atoms with E-state index in [9.17, 15) is 9.90 Å². The Bertz CT molecular complexity index is 1280. The number of likely N-dealkylation sites (N-methyl/N-ethyl adjacent to an activating group) is 1. The average molecular weight is 460 g/mol. The zero-order valence-corrected chi connectivity index (χ0v) is 19.0. The van der Waals surface area contributed by atoms with Crippen molar-refractivity contribution >= 4 is 17.4 Å². The van der Waals surface area contributed by atoms with E-state index in [1.54, 1.807) is 36.3 Å². The van der Waals surface area contributed by atoms with Gasteiger partial charge in [-0.3, -0.25) is 9.88 Å². The van der Waals surface area contributed by atoms with E-state index in [-0.39, 0.29) is 17.5 Å². The van der Waals surface area contributed by atoms with Crippen LogP contribution in [0.4, 0.5) is 20.6 Å². The number of carbonyl (C=O) groups is 1. The molecular formula is C26H26FN5O2. The number of aromatic nitrogens is 1. The maximum atomic E-state index is 15.0. The highest BCUT2D eigenvalue weighted by Crippen LogP contribution is 2.42.